The quantitative estimate of drug-likeness (QED) is 0.724. The summed E-state index contributed by atoms with van der Waals surface area (Å²) in [7, 11) is 0. The van der Waals surface area contributed by atoms with Gasteiger partial charge in [-0.3, -0.25) is 4.98 Å². The number of imidazole rings is 1. The summed E-state index contributed by atoms with van der Waals surface area (Å²) < 4.78 is 2.35. The van der Waals surface area contributed by atoms with E-state index < -0.39 is 0 Å². The molecule has 4 rings (SSSR count). The average molecular weight is 363 g/mol. The minimum Gasteiger partial charge on any atom is -0.395 e. The van der Waals surface area contributed by atoms with Gasteiger partial charge in [0.25, 0.3) is 0 Å². The predicted octanol–water partition coefficient (Wildman–Crippen LogP) is 3.62. The van der Waals surface area contributed by atoms with Crippen LogP contribution in [0.4, 0.5) is 5.82 Å². The van der Waals surface area contributed by atoms with Crippen LogP contribution in [0.15, 0.2) is 36.5 Å². The van der Waals surface area contributed by atoms with Crippen molar-refractivity contribution in [2.75, 3.05) is 18.5 Å². The smallest absolute Gasteiger partial charge is 0.126 e. The van der Waals surface area contributed by atoms with Crippen LogP contribution in [0.2, 0.25) is 0 Å². The molecule has 2 N–H and O–H groups in total. The van der Waals surface area contributed by atoms with Crippen LogP contribution in [0.25, 0.3) is 22.6 Å². The third-order valence-electron chi connectivity index (χ3n) is 5.04. The lowest BCUT2D eigenvalue weighted by Crippen LogP contribution is -2.15. The highest BCUT2D eigenvalue weighted by Crippen LogP contribution is 2.38. The second kappa shape index (κ2) is 7.48. The van der Waals surface area contributed by atoms with Gasteiger partial charge in [-0.25, -0.2) is 9.97 Å². The van der Waals surface area contributed by atoms with Gasteiger partial charge in [-0.15, -0.1) is 0 Å². The Morgan fingerprint density at radius 3 is 2.96 bits per heavy atom. The van der Waals surface area contributed by atoms with Crippen LogP contribution in [0.3, 0.4) is 0 Å². The van der Waals surface area contributed by atoms with E-state index >= 15 is 0 Å². The first-order valence-corrected chi connectivity index (χ1v) is 9.53. The monoisotopic (exact) mass is 363 g/mol. The fourth-order valence-corrected chi connectivity index (χ4v) is 3.76. The normalized spacial score (nSPS) is 16.2. The van der Waals surface area contributed by atoms with Gasteiger partial charge in [0, 0.05) is 36.5 Å². The maximum absolute atomic E-state index is 9.07. The lowest BCUT2D eigenvalue weighted by atomic mass is 10.0. The summed E-state index contributed by atoms with van der Waals surface area (Å²) >= 11 is 0. The Labute approximate surface area is 159 Å². The number of aryl methyl sites for hydroxylation is 1. The van der Waals surface area contributed by atoms with E-state index in [-0.39, 0.29) is 6.61 Å². The molecular weight excluding hydrogens is 338 g/mol. The average Bonchev–Trinajstić information content (AvgIpc) is 3.08. The third kappa shape index (κ3) is 3.45. The zero-order chi connectivity index (χ0) is 18.8. The molecule has 0 radical (unpaired) electrons. The van der Waals surface area contributed by atoms with Gasteiger partial charge in [0.1, 0.15) is 17.3 Å². The van der Waals surface area contributed by atoms with Crippen LogP contribution in [0, 0.1) is 6.92 Å². The van der Waals surface area contributed by atoms with Crippen molar-refractivity contribution < 1.29 is 5.11 Å². The Kier molecular flexibility index (Phi) is 4.90. The molecule has 0 saturated heterocycles. The highest BCUT2D eigenvalue weighted by Gasteiger charge is 2.26. The minimum absolute atomic E-state index is 0.0734. The molecule has 3 aromatic heterocycles. The van der Waals surface area contributed by atoms with Gasteiger partial charge in [0.05, 0.1) is 18.0 Å². The van der Waals surface area contributed by atoms with E-state index in [1.807, 2.05) is 37.3 Å². The van der Waals surface area contributed by atoms with E-state index in [9.17, 15) is 0 Å². The largest absolute Gasteiger partial charge is 0.395 e. The Morgan fingerprint density at radius 2 is 2.15 bits per heavy atom. The van der Waals surface area contributed by atoms with Gasteiger partial charge in [0.2, 0.25) is 0 Å². The van der Waals surface area contributed by atoms with E-state index in [1.165, 1.54) is 0 Å². The number of fused-ring (bicyclic) bond motifs is 1. The summed E-state index contributed by atoms with van der Waals surface area (Å²) in [6.45, 7) is 5.77. The Hall–Kier alpha value is -2.73. The molecule has 140 valence electrons. The van der Waals surface area contributed by atoms with Crippen molar-refractivity contribution in [1.82, 2.24) is 19.5 Å². The van der Waals surface area contributed by atoms with Crippen LogP contribution < -0.4 is 5.32 Å². The molecule has 1 aliphatic heterocycles. The number of anilines is 1. The van der Waals surface area contributed by atoms with E-state index in [2.05, 4.69) is 21.8 Å². The standard InChI is InChI=1S/C21H25N5O/c1-14-5-4-11-26-20(16-8-9-22-18(13-16)23-10-12-27)19(25-21(14)26)17-7-3-6-15(2)24-17/h3,6-9,13-14,27H,4-5,10-12H2,1-2H3,(H,22,23)/t14-/m0/s1. The van der Waals surface area contributed by atoms with Crippen molar-refractivity contribution >= 4 is 5.82 Å². The Balaban J connectivity index is 1.88. The second-order valence-corrected chi connectivity index (χ2v) is 7.11. The van der Waals surface area contributed by atoms with Crippen molar-refractivity contribution in [2.24, 2.45) is 0 Å². The first-order chi connectivity index (χ1) is 13.2. The van der Waals surface area contributed by atoms with Crippen LogP contribution in [-0.4, -0.2) is 37.8 Å². The molecule has 1 atom stereocenters. The van der Waals surface area contributed by atoms with Gasteiger partial charge in [-0.05, 0) is 44.0 Å². The van der Waals surface area contributed by atoms with Crippen LogP contribution in [-0.2, 0) is 6.54 Å². The molecule has 0 aliphatic carbocycles. The maximum atomic E-state index is 9.07. The number of pyridine rings is 2. The number of hydrogen-bond donors (Lipinski definition) is 2. The number of hydrogen-bond acceptors (Lipinski definition) is 5. The van der Waals surface area contributed by atoms with Crippen molar-refractivity contribution in [2.45, 2.75) is 39.2 Å². The molecule has 0 fully saturated rings. The van der Waals surface area contributed by atoms with Crippen molar-refractivity contribution in [3.63, 3.8) is 0 Å². The highest BCUT2D eigenvalue weighted by atomic mass is 16.3. The number of aliphatic hydroxyl groups is 1. The molecule has 0 spiro atoms. The van der Waals surface area contributed by atoms with E-state index in [1.54, 1.807) is 6.20 Å². The summed E-state index contributed by atoms with van der Waals surface area (Å²) in [6.07, 6.45) is 4.12. The topological polar surface area (TPSA) is 75.9 Å². The van der Waals surface area contributed by atoms with Gasteiger partial charge < -0.3 is 15.0 Å². The summed E-state index contributed by atoms with van der Waals surface area (Å²) in [5.41, 5.74) is 4.99. The molecule has 1 aliphatic rings. The summed E-state index contributed by atoms with van der Waals surface area (Å²) in [5, 5.41) is 12.2. The summed E-state index contributed by atoms with van der Waals surface area (Å²) in [4.78, 5) is 14.1. The molecule has 27 heavy (non-hydrogen) atoms. The van der Waals surface area contributed by atoms with Gasteiger partial charge in [-0.1, -0.05) is 13.0 Å². The summed E-state index contributed by atoms with van der Waals surface area (Å²) in [6, 6.07) is 10.1. The number of nitrogens with one attached hydrogen (secondary N) is 1. The first-order valence-electron chi connectivity index (χ1n) is 9.53. The molecule has 6 nitrogen and oxygen atoms in total. The SMILES string of the molecule is Cc1cccc(-c2nc3n(c2-c2ccnc(NCCO)c2)CCC[C@@H]3C)n1. The lowest BCUT2D eigenvalue weighted by Gasteiger charge is -2.22. The molecule has 0 aromatic carbocycles. The van der Waals surface area contributed by atoms with Crippen molar-refractivity contribution in [3.05, 3.63) is 48.0 Å². The maximum Gasteiger partial charge on any atom is 0.126 e. The number of rotatable bonds is 5. The zero-order valence-electron chi connectivity index (χ0n) is 15.8. The number of aromatic nitrogens is 4. The first kappa shape index (κ1) is 17.7. The van der Waals surface area contributed by atoms with Crippen LogP contribution in [0.1, 0.15) is 37.2 Å². The minimum atomic E-state index is 0.0734. The second-order valence-electron chi connectivity index (χ2n) is 7.11. The molecule has 6 heteroatoms. The highest BCUT2D eigenvalue weighted by molar-refractivity contribution is 5.78. The van der Waals surface area contributed by atoms with Gasteiger partial charge in [-0.2, -0.15) is 0 Å². The number of aliphatic hydroxyl groups excluding tert-OH is 1. The third-order valence-corrected chi connectivity index (χ3v) is 5.04. The Bertz CT molecular complexity index is 949. The molecule has 4 heterocycles. The fraction of sp³-hybridized carbons (Fsp3) is 0.381. The molecule has 0 amide bonds. The molecule has 3 aromatic rings. The number of nitrogens with zero attached hydrogens (tertiary/aromatic N) is 4. The lowest BCUT2D eigenvalue weighted by molar-refractivity contribution is 0.311. The Morgan fingerprint density at radius 1 is 1.26 bits per heavy atom. The molecule has 0 bridgehead atoms. The van der Waals surface area contributed by atoms with Gasteiger partial charge >= 0.3 is 0 Å². The van der Waals surface area contributed by atoms with E-state index in [0.29, 0.717) is 12.5 Å². The van der Waals surface area contributed by atoms with Crippen molar-refractivity contribution in [1.29, 1.82) is 0 Å². The molecule has 0 unspecified atom stereocenters. The molecular formula is C21H25N5O. The zero-order valence-corrected chi connectivity index (χ0v) is 15.8. The van der Waals surface area contributed by atoms with E-state index in [4.69, 9.17) is 15.1 Å². The van der Waals surface area contributed by atoms with Gasteiger partial charge in [0.15, 0.2) is 0 Å². The predicted molar refractivity (Wildman–Crippen MR) is 107 cm³/mol. The summed E-state index contributed by atoms with van der Waals surface area (Å²) in [5.74, 6) is 2.32. The van der Waals surface area contributed by atoms with E-state index in [0.717, 1.165) is 59.4 Å². The van der Waals surface area contributed by atoms with Crippen LogP contribution >= 0.6 is 0 Å². The molecule has 0 saturated carbocycles. The fourth-order valence-electron chi connectivity index (χ4n) is 3.76. The van der Waals surface area contributed by atoms with Crippen molar-refractivity contribution in [3.8, 4) is 22.6 Å². The van der Waals surface area contributed by atoms with Crippen LogP contribution in [0.5, 0.6) is 0 Å².